The van der Waals surface area contributed by atoms with Crippen LogP contribution in [0.25, 0.3) is 33.9 Å². The molecule has 2 aromatic carbocycles. The lowest BCUT2D eigenvalue weighted by molar-refractivity contribution is -0.124. The predicted octanol–water partition coefficient (Wildman–Crippen LogP) is 4.82. The summed E-state index contributed by atoms with van der Waals surface area (Å²) in [4.78, 5) is 46.9. The van der Waals surface area contributed by atoms with E-state index in [4.69, 9.17) is 19.3 Å². The quantitative estimate of drug-likeness (QED) is 0.282. The number of aromatic nitrogens is 2. The molecule has 0 fully saturated rings. The number of carbonyl (C=O) groups is 3. The first-order valence-electron chi connectivity index (χ1n) is 11.7. The van der Waals surface area contributed by atoms with Crippen molar-refractivity contribution in [3.63, 3.8) is 0 Å². The number of hydrogen-bond donors (Lipinski definition) is 2. The average Bonchev–Trinajstić information content (AvgIpc) is 3.65. The monoisotopic (exact) mass is 510 g/mol. The number of rotatable bonds is 8. The number of esters is 1. The van der Waals surface area contributed by atoms with Crippen molar-refractivity contribution in [2.75, 3.05) is 5.32 Å². The molecule has 5 rings (SSSR count). The van der Waals surface area contributed by atoms with Crippen LogP contribution in [0.4, 0.5) is 5.69 Å². The van der Waals surface area contributed by atoms with Gasteiger partial charge in [-0.05, 0) is 61.0 Å². The van der Waals surface area contributed by atoms with Crippen LogP contribution < -0.4 is 11.1 Å². The molecule has 3 aromatic heterocycles. The molecule has 0 spiro atoms. The zero-order valence-corrected chi connectivity index (χ0v) is 20.2. The Morgan fingerprint density at radius 1 is 0.895 bits per heavy atom. The van der Waals surface area contributed by atoms with Gasteiger partial charge in [-0.1, -0.05) is 19.1 Å². The van der Waals surface area contributed by atoms with Gasteiger partial charge in [-0.25, -0.2) is 14.8 Å². The van der Waals surface area contributed by atoms with Crippen molar-refractivity contribution < 1.29 is 28.0 Å². The van der Waals surface area contributed by atoms with Crippen LogP contribution in [0, 0.1) is 0 Å². The SMILES string of the molecule is CCC(OC(=O)c1ccc2nc(-c3ccco3)c(-c3ccco3)nc2c1)C(=O)Nc1ccccc1C(N)=O. The second kappa shape index (κ2) is 10.4. The Balaban J connectivity index is 1.41. The van der Waals surface area contributed by atoms with Gasteiger partial charge in [-0.2, -0.15) is 0 Å². The summed E-state index contributed by atoms with van der Waals surface area (Å²) < 4.78 is 16.6. The molecule has 5 aromatic rings. The van der Waals surface area contributed by atoms with Crippen molar-refractivity contribution in [3.05, 3.63) is 90.4 Å². The van der Waals surface area contributed by atoms with Crippen LogP contribution in [0.2, 0.25) is 0 Å². The van der Waals surface area contributed by atoms with Crippen molar-refractivity contribution in [1.82, 2.24) is 9.97 Å². The number of nitrogens with two attached hydrogens (primary N) is 1. The maximum atomic E-state index is 13.0. The summed E-state index contributed by atoms with van der Waals surface area (Å²) in [6.45, 7) is 1.70. The van der Waals surface area contributed by atoms with Crippen LogP contribution in [-0.4, -0.2) is 33.9 Å². The zero-order chi connectivity index (χ0) is 26.6. The van der Waals surface area contributed by atoms with Gasteiger partial charge in [0.2, 0.25) is 0 Å². The normalized spacial score (nSPS) is 11.7. The number of primary amides is 1. The number of carbonyl (C=O) groups excluding carboxylic acids is 3. The smallest absolute Gasteiger partial charge is 0.338 e. The summed E-state index contributed by atoms with van der Waals surface area (Å²) in [5, 5.41) is 2.61. The Bertz CT molecular complexity index is 1630. The van der Waals surface area contributed by atoms with Gasteiger partial charge in [0.05, 0.1) is 40.4 Å². The zero-order valence-electron chi connectivity index (χ0n) is 20.2. The van der Waals surface area contributed by atoms with Gasteiger partial charge in [-0.3, -0.25) is 9.59 Å². The standard InChI is InChI=1S/C28H22N4O6/c1-2-21(27(34)32-18-8-4-3-7-17(18)26(29)33)38-28(35)16-11-12-19-20(15-16)31-25(23-10-6-14-37-23)24(30-19)22-9-5-13-36-22/h3-15,21H,2H2,1H3,(H2,29,33)(H,32,34). The van der Waals surface area contributed by atoms with E-state index in [9.17, 15) is 14.4 Å². The molecule has 0 saturated carbocycles. The van der Waals surface area contributed by atoms with E-state index in [0.717, 1.165) is 0 Å². The molecule has 0 bridgehead atoms. The molecule has 190 valence electrons. The third-order valence-corrected chi connectivity index (χ3v) is 5.77. The number of ether oxygens (including phenoxy) is 1. The van der Waals surface area contributed by atoms with E-state index in [1.807, 2.05) is 0 Å². The molecule has 3 N–H and O–H groups in total. The van der Waals surface area contributed by atoms with E-state index in [0.29, 0.717) is 33.9 Å². The Morgan fingerprint density at radius 3 is 2.16 bits per heavy atom. The molecule has 1 unspecified atom stereocenters. The van der Waals surface area contributed by atoms with Crippen molar-refractivity contribution in [1.29, 1.82) is 0 Å². The molecule has 2 amide bonds. The number of hydrogen-bond acceptors (Lipinski definition) is 8. The molecule has 0 saturated heterocycles. The molecule has 0 aliphatic rings. The van der Waals surface area contributed by atoms with Gasteiger partial charge in [0.15, 0.2) is 17.6 Å². The maximum Gasteiger partial charge on any atom is 0.338 e. The second-order valence-corrected chi connectivity index (χ2v) is 8.28. The lowest BCUT2D eigenvalue weighted by Crippen LogP contribution is -2.32. The Morgan fingerprint density at radius 2 is 1.55 bits per heavy atom. The first kappa shape index (κ1) is 24.4. The number of fused-ring (bicyclic) bond motifs is 1. The van der Waals surface area contributed by atoms with Crippen LogP contribution in [0.5, 0.6) is 0 Å². The minimum absolute atomic E-state index is 0.149. The van der Waals surface area contributed by atoms with E-state index >= 15 is 0 Å². The molecule has 3 heterocycles. The minimum atomic E-state index is -1.11. The highest BCUT2D eigenvalue weighted by atomic mass is 16.5. The highest BCUT2D eigenvalue weighted by Crippen LogP contribution is 2.31. The number of amides is 2. The Kier molecular flexibility index (Phi) is 6.68. The maximum absolute atomic E-state index is 13.0. The molecule has 0 aliphatic carbocycles. The number of furan rings is 2. The highest BCUT2D eigenvalue weighted by Gasteiger charge is 2.24. The first-order chi connectivity index (χ1) is 18.4. The summed E-state index contributed by atoms with van der Waals surface area (Å²) in [6.07, 6.45) is 2.17. The molecule has 38 heavy (non-hydrogen) atoms. The van der Waals surface area contributed by atoms with Crippen LogP contribution in [0.1, 0.15) is 34.1 Å². The number of para-hydroxylation sites is 1. The van der Waals surface area contributed by atoms with Gasteiger partial charge >= 0.3 is 5.97 Å². The second-order valence-electron chi connectivity index (χ2n) is 8.28. The largest absolute Gasteiger partial charge is 0.463 e. The van der Waals surface area contributed by atoms with E-state index in [2.05, 4.69) is 15.3 Å². The molecule has 0 radical (unpaired) electrons. The molecular formula is C28H22N4O6. The highest BCUT2D eigenvalue weighted by molar-refractivity contribution is 6.05. The van der Waals surface area contributed by atoms with E-state index < -0.39 is 23.9 Å². The Labute approximate surface area is 216 Å². The number of nitrogens with one attached hydrogen (secondary N) is 1. The lowest BCUT2D eigenvalue weighted by Gasteiger charge is -2.17. The molecule has 10 heteroatoms. The molecular weight excluding hydrogens is 488 g/mol. The van der Waals surface area contributed by atoms with Crippen LogP contribution in [0.15, 0.2) is 88.1 Å². The molecule has 1 atom stereocenters. The van der Waals surface area contributed by atoms with Gasteiger partial charge in [0.1, 0.15) is 11.4 Å². The third kappa shape index (κ3) is 4.87. The average molecular weight is 511 g/mol. The van der Waals surface area contributed by atoms with E-state index in [1.165, 1.54) is 18.4 Å². The summed E-state index contributed by atoms with van der Waals surface area (Å²) in [5.74, 6) is -0.985. The summed E-state index contributed by atoms with van der Waals surface area (Å²) in [5.41, 5.74) is 7.84. The number of nitrogens with zero attached hydrogens (tertiary/aromatic N) is 2. The van der Waals surface area contributed by atoms with Crippen molar-refractivity contribution in [3.8, 4) is 22.9 Å². The third-order valence-electron chi connectivity index (χ3n) is 5.77. The lowest BCUT2D eigenvalue weighted by atomic mass is 10.1. The van der Waals surface area contributed by atoms with Gasteiger partial charge < -0.3 is 24.6 Å². The fourth-order valence-corrected chi connectivity index (χ4v) is 3.89. The van der Waals surface area contributed by atoms with Crippen LogP contribution >= 0.6 is 0 Å². The van der Waals surface area contributed by atoms with Crippen molar-refractivity contribution in [2.24, 2.45) is 5.73 Å². The topological polar surface area (TPSA) is 151 Å². The van der Waals surface area contributed by atoms with Crippen molar-refractivity contribution >= 4 is 34.5 Å². The number of benzene rings is 2. The van der Waals surface area contributed by atoms with Crippen LogP contribution in [0.3, 0.4) is 0 Å². The fourth-order valence-electron chi connectivity index (χ4n) is 3.89. The Hall–Kier alpha value is -5.25. The van der Waals surface area contributed by atoms with Crippen molar-refractivity contribution in [2.45, 2.75) is 19.4 Å². The van der Waals surface area contributed by atoms with Gasteiger partial charge in [0.25, 0.3) is 11.8 Å². The minimum Gasteiger partial charge on any atom is -0.463 e. The first-order valence-corrected chi connectivity index (χ1v) is 11.7. The summed E-state index contributed by atoms with van der Waals surface area (Å²) in [7, 11) is 0. The number of anilines is 1. The summed E-state index contributed by atoms with van der Waals surface area (Å²) in [6, 6.07) is 18.1. The van der Waals surface area contributed by atoms with Crippen LogP contribution in [-0.2, 0) is 9.53 Å². The predicted molar refractivity (Wildman–Crippen MR) is 138 cm³/mol. The summed E-state index contributed by atoms with van der Waals surface area (Å²) >= 11 is 0. The molecule has 10 nitrogen and oxygen atoms in total. The molecule has 0 aliphatic heterocycles. The van der Waals surface area contributed by atoms with Gasteiger partial charge in [-0.15, -0.1) is 0 Å². The fraction of sp³-hybridized carbons (Fsp3) is 0.107. The van der Waals surface area contributed by atoms with E-state index in [-0.39, 0.29) is 23.2 Å². The van der Waals surface area contributed by atoms with E-state index in [1.54, 1.807) is 67.8 Å². The van der Waals surface area contributed by atoms with Gasteiger partial charge in [0, 0.05) is 0 Å².